The topological polar surface area (TPSA) is 109 Å². The monoisotopic (exact) mass is 481 g/mol. The molecule has 1 unspecified atom stereocenters. The fourth-order valence-electron chi connectivity index (χ4n) is 3.94. The van der Waals surface area contributed by atoms with Gasteiger partial charge >= 0.3 is 0 Å². The minimum absolute atomic E-state index is 0.0396. The summed E-state index contributed by atoms with van der Waals surface area (Å²) in [6, 6.07) is 16.1. The highest BCUT2D eigenvalue weighted by Crippen LogP contribution is 2.26. The minimum Gasteiger partial charge on any atom is -0.459 e. The van der Waals surface area contributed by atoms with Gasteiger partial charge in [-0.2, -0.15) is 0 Å². The van der Waals surface area contributed by atoms with Crippen LogP contribution in [0.1, 0.15) is 42.5 Å². The van der Waals surface area contributed by atoms with E-state index in [2.05, 4.69) is 10.0 Å². The first kappa shape index (κ1) is 23.7. The highest BCUT2D eigenvalue weighted by atomic mass is 32.2. The van der Waals surface area contributed by atoms with Crippen LogP contribution in [-0.4, -0.2) is 36.7 Å². The molecule has 1 atom stereocenters. The second-order valence-electron chi connectivity index (χ2n) is 9.27. The number of benzene rings is 2. The molecule has 1 aliphatic heterocycles. The van der Waals surface area contributed by atoms with Gasteiger partial charge in [0.15, 0.2) is 5.76 Å². The van der Waals surface area contributed by atoms with Crippen molar-refractivity contribution in [1.29, 1.82) is 0 Å². The summed E-state index contributed by atoms with van der Waals surface area (Å²) in [5.74, 6) is -0.642. The van der Waals surface area contributed by atoms with Crippen molar-refractivity contribution in [3.05, 3.63) is 83.8 Å². The standard InChI is InChI=1S/C25H27N3O5S/c1-25(2,3)27-34(31,32)20-11-6-10-19(15-20)26-23(29)21-14-17-8-4-5-9-18(17)16-28(21)24(30)22-12-7-13-33-22/h4-13,15,21,27H,14,16H2,1-3H3,(H,26,29). The van der Waals surface area contributed by atoms with Crippen molar-refractivity contribution in [1.82, 2.24) is 9.62 Å². The first-order valence-corrected chi connectivity index (χ1v) is 12.4. The predicted molar refractivity (Wildman–Crippen MR) is 128 cm³/mol. The molecule has 3 aromatic rings. The molecule has 0 fully saturated rings. The number of carbonyl (C=O) groups excluding carboxylic acids is 2. The number of carbonyl (C=O) groups is 2. The Morgan fingerprint density at radius 1 is 1.00 bits per heavy atom. The minimum atomic E-state index is -3.77. The summed E-state index contributed by atoms with van der Waals surface area (Å²) in [5, 5.41) is 2.79. The van der Waals surface area contributed by atoms with E-state index in [1.807, 2.05) is 24.3 Å². The normalized spacial score (nSPS) is 16.1. The first-order chi connectivity index (χ1) is 16.0. The van der Waals surface area contributed by atoms with Crippen LogP contribution in [0, 0.1) is 0 Å². The number of hydrogen-bond acceptors (Lipinski definition) is 5. The third-order valence-corrected chi connectivity index (χ3v) is 7.15. The van der Waals surface area contributed by atoms with Crippen LogP contribution < -0.4 is 10.0 Å². The van der Waals surface area contributed by atoms with E-state index in [0.29, 0.717) is 12.1 Å². The van der Waals surface area contributed by atoms with E-state index in [4.69, 9.17) is 4.42 Å². The molecule has 0 aliphatic carbocycles. The Labute approximate surface area is 199 Å². The summed E-state index contributed by atoms with van der Waals surface area (Å²) < 4.78 is 33.3. The molecule has 2 amide bonds. The van der Waals surface area contributed by atoms with Crippen LogP contribution in [0.15, 0.2) is 76.2 Å². The van der Waals surface area contributed by atoms with Crippen molar-refractivity contribution < 1.29 is 22.4 Å². The van der Waals surface area contributed by atoms with Gasteiger partial charge in [-0.25, -0.2) is 13.1 Å². The smallest absolute Gasteiger partial charge is 0.290 e. The van der Waals surface area contributed by atoms with Gasteiger partial charge in [-0.1, -0.05) is 30.3 Å². The van der Waals surface area contributed by atoms with Gasteiger partial charge in [-0.3, -0.25) is 9.59 Å². The van der Waals surface area contributed by atoms with Gasteiger partial charge in [0.25, 0.3) is 5.91 Å². The fraction of sp³-hybridized carbons (Fsp3) is 0.280. The fourth-order valence-corrected chi connectivity index (χ4v) is 5.40. The summed E-state index contributed by atoms with van der Waals surface area (Å²) >= 11 is 0. The second-order valence-corrected chi connectivity index (χ2v) is 11.0. The van der Waals surface area contributed by atoms with Crippen LogP contribution in [0.2, 0.25) is 0 Å². The van der Waals surface area contributed by atoms with Gasteiger partial charge in [0.2, 0.25) is 15.9 Å². The van der Waals surface area contributed by atoms with Crippen molar-refractivity contribution in [3.63, 3.8) is 0 Å². The molecule has 0 bridgehead atoms. The summed E-state index contributed by atoms with van der Waals surface area (Å²) in [5.41, 5.74) is 1.62. The predicted octanol–water partition coefficient (Wildman–Crippen LogP) is 3.56. The van der Waals surface area contributed by atoms with E-state index in [9.17, 15) is 18.0 Å². The average molecular weight is 482 g/mol. The van der Waals surface area contributed by atoms with E-state index in [1.54, 1.807) is 45.0 Å². The lowest BCUT2D eigenvalue weighted by molar-refractivity contribution is -0.121. The second kappa shape index (κ2) is 9.08. The Morgan fingerprint density at radius 2 is 1.74 bits per heavy atom. The van der Waals surface area contributed by atoms with Gasteiger partial charge in [0.1, 0.15) is 6.04 Å². The van der Waals surface area contributed by atoms with Gasteiger partial charge in [-0.05, 0) is 62.2 Å². The molecule has 1 aliphatic rings. The van der Waals surface area contributed by atoms with Crippen LogP contribution in [-0.2, 0) is 27.8 Å². The highest BCUT2D eigenvalue weighted by Gasteiger charge is 2.36. The SMILES string of the molecule is CC(C)(C)NS(=O)(=O)c1cccc(NC(=O)C2Cc3ccccc3CN2C(=O)c2ccco2)c1. The zero-order chi connectivity index (χ0) is 24.5. The Morgan fingerprint density at radius 3 is 2.41 bits per heavy atom. The molecule has 2 heterocycles. The molecule has 9 heteroatoms. The largest absolute Gasteiger partial charge is 0.459 e. The van der Waals surface area contributed by atoms with Crippen LogP contribution in [0.3, 0.4) is 0 Å². The number of furan rings is 1. The van der Waals surface area contributed by atoms with E-state index < -0.39 is 27.5 Å². The quantitative estimate of drug-likeness (QED) is 0.579. The number of anilines is 1. The lowest BCUT2D eigenvalue weighted by Crippen LogP contribution is -2.50. The number of fused-ring (bicyclic) bond motifs is 1. The number of nitrogens with one attached hydrogen (secondary N) is 2. The van der Waals surface area contributed by atoms with E-state index in [1.165, 1.54) is 23.3 Å². The van der Waals surface area contributed by atoms with Crippen LogP contribution in [0.5, 0.6) is 0 Å². The van der Waals surface area contributed by atoms with Crippen molar-refractivity contribution in [3.8, 4) is 0 Å². The zero-order valence-electron chi connectivity index (χ0n) is 19.2. The summed E-state index contributed by atoms with van der Waals surface area (Å²) in [6.45, 7) is 5.52. The molecule has 0 saturated carbocycles. The lowest BCUT2D eigenvalue weighted by atomic mass is 9.93. The van der Waals surface area contributed by atoms with Crippen molar-refractivity contribution in [2.24, 2.45) is 0 Å². The van der Waals surface area contributed by atoms with Crippen molar-refractivity contribution in [2.75, 3.05) is 5.32 Å². The van der Waals surface area contributed by atoms with Crippen molar-refractivity contribution in [2.45, 2.75) is 50.2 Å². The number of hydrogen-bond donors (Lipinski definition) is 2. The van der Waals surface area contributed by atoms with E-state index in [-0.39, 0.29) is 23.1 Å². The Hall–Kier alpha value is -3.43. The van der Waals surface area contributed by atoms with E-state index in [0.717, 1.165) is 11.1 Å². The van der Waals surface area contributed by atoms with Gasteiger partial charge in [-0.15, -0.1) is 0 Å². The maximum atomic E-state index is 13.4. The zero-order valence-corrected chi connectivity index (χ0v) is 20.1. The molecule has 0 spiro atoms. The van der Waals surface area contributed by atoms with Gasteiger partial charge in [0.05, 0.1) is 11.2 Å². The Bertz CT molecular complexity index is 1310. The third-order valence-electron chi connectivity index (χ3n) is 5.40. The molecule has 0 radical (unpaired) electrons. The number of amides is 2. The lowest BCUT2D eigenvalue weighted by Gasteiger charge is -2.35. The van der Waals surface area contributed by atoms with Crippen molar-refractivity contribution >= 4 is 27.5 Å². The Balaban J connectivity index is 1.60. The number of rotatable bonds is 5. The molecule has 1 aromatic heterocycles. The molecule has 4 rings (SSSR count). The highest BCUT2D eigenvalue weighted by molar-refractivity contribution is 7.89. The molecule has 2 N–H and O–H groups in total. The van der Waals surface area contributed by atoms with Gasteiger partial charge < -0.3 is 14.6 Å². The molecule has 34 heavy (non-hydrogen) atoms. The average Bonchev–Trinajstić information content (AvgIpc) is 3.31. The summed E-state index contributed by atoms with van der Waals surface area (Å²) in [7, 11) is -3.77. The third kappa shape index (κ3) is 5.21. The van der Waals surface area contributed by atoms with Gasteiger partial charge in [0, 0.05) is 24.2 Å². The first-order valence-electron chi connectivity index (χ1n) is 10.9. The molecular weight excluding hydrogens is 454 g/mol. The van der Waals surface area contributed by atoms with E-state index >= 15 is 0 Å². The van der Waals surface area contributed by atoms with Crippen LogP contribution in [0.4, 0.5) is 5.69 Å². The summed E-state index contributed by atoms with van der Waals surface area (Å²) in [4.78, 5) is 28.0. The maximum absolute atomic E-state index is 13.4. The molecule has 2 aromatic carbocycles. The molecule has 178 valence electrons. The summed E-state index contributed by atoms with van der Waals surface area (Å²) in [6.07, 6.45) is 1.75. The Kier molecular flexibility index (Phi) is 6.33. The molecule has 0 saturated heterocycles. The molecular formula is C25H27N3O5S. The maximum Gasteiger partial charge on any atom is 0.290 e. The van der Waals surface area contributed by atoms with Crippen LogP contribution >= 0.6 is 0 Å². The van der Waals surface area contributed by atoms with Crippen LogP contribution in [0.25, 0.3) is 0 Å². The molecule has 8 nitrogen and oxygen atoms in total. The number of nitrogens with zero attached hydrogens (tertiary/aromatic N) is 1. The number of sulfonamides is 1.